The highest BCUT2D eigenvalue weighted by molar-refractivity contribution is 6.05. The molecule has 1 amide bonds. The van der Waals surface area contributed by atoms with Crippen LogP contribution in [0.15, 0.2) is 41.9 Å². The molecule has 160 valence electrons. The minimum atomic E-state index is 0.152. The van der Waals surface area contributed by atoms with Crippen LogP contribution in [0.4, 0.5) is 5.69 Å². The predicted molar refractivity (Wildman–Crippen MR) is 117 cm³/mol. The number of unbranched alkanes of at least 4 members (excludes halogenated alkanes) is 4. The molecule has 0 unspecified atom stereocenters. The van der Waals surface area contributed by atoms with Gasteiger partial charge in [0, 0.05) is 37.6 Å². The van der Waals surface area contributed by atoms with Crippen LogP contribution in [-0.2, 0) is 17.9 Å². The highest BCUT2D eigenvalue weighted by atomic mass is 16.5. The average molecular weight is 410 g/mol. The number of hydrogen-bond donors (Lipinski definition) is 0. The third-order valence-electron chi connectivity index (χ3n) is 5.66. The molecule has 2 aliphatic rings. The predicted octanol–water partition coefficient (Wildman–Crippen LogP) is 3.97. The lowest BCUT2D eigenvalue weighted by molar-refractivity contribution is -0.125. The van der Waals surface area contributed by atoms with Crippen LogP contribution in [0.1, 0.15) is 51.0 Å². The maximum atomic E-state index is 12.4. The summed E-state index contributed by atoms with van der Waals surface area (Å²) < 4.78 is 8.09. The Balaban J connectivity index is 1.24. The van der Waals surface area contributed by atoms with Crippen LogP contribution in [0.2, 0.25) is 0 Å². The number of nitrogens with zero attached hydrogens (tertiary/aromatic N) is 5. The van der Waals surface area contributed by atoms with E-state index in [9.17, 15) is 4.79 Å². The number of carbonyl (C=O) groups is 1. The van der Waals surface area contributed by atoms with Crippen LogP contribution >= 0.6 is 0 Å². The number of aliphatic imine (C=N–C) groups is 1. The number of imidazole rings is 1. The van der Waals surface area contributed by atoms with Crippen LogP contribution in [0.5, 0.6) is 5.75 Å². The van der Waals surface area contributed by atoms with Crippen LogP contribution in [0, 0.1) is 0 Å². The Kier molecular flexibility index (Phi) is 6.67. The van der Waals surface area contributed by atoms with Crippen molar-refractivity contribution in [1.82, 2.24) is 19.4 Å². The number of ether oxygens (including phenoxy) is 1. The zero-order chi connectivity index (χ0) is 20.8. The number of aromatic nitrogens is 2. The molecule has 1 aromatic carbocycles. The Labute approximate surface area is 178 Å². The molecule has 0 bridgehead atoms. The summed E-state index contributed by atoms with van der Waals surface area (Å²) in [6, 6.07) is 6.08. The van der Waals surface area contributed by atoms with E-state index >= 15 is 0 Å². The van der Waals surface area contributed by atoms with Gasteiger partial charge in [0.2, 0.25) is 11.9 Å². The number of fused-ring (bicyclic) bond motifs is 2. The summed E-state index contributed by atoms with van der Waals surface area (Å²) in [5.74, 6) is 1.85. The fourth-order valence-corrected chi connectivity index (χ4v) is 3.96. The molecule has 4 rings (SSSR count). The molecule has 2 aliphatic heterocycles. The lowest BCUT2D eigenvalue weighted by Gasteiger charge is -2.26. The number of aryl methyl sites for hydroxylation is 1. The second kappa shape index (κ2) is 9.78. The molecule has 0 spiro atoms. The number of benzene rings is 1. The fraction of sp³-hybridized carbons (Fsp3) is 0.522. The molecule has 1 fully saturated rings. The molecule has 0 saturated carbocycles. The summed E-state index contributed by atoms with van der Waals surface area (Å²) in [5.41, 5.74) is 2.08. The van der Waals surface area contributed by atoms with Gasteiger partial charge >= 0.3 is 0 Å². The normalized spacial score (nSPS) is 15.2. The molecule has 7 heteroatoms. The highest BCUT2D eigenvalue weighted by Gasteiger charge is 2.36. The number of rotatable bonds is 11. The lowest BCUT2D eigenvalue weighted by atomic mass is 10.1. The van der Waals surface area contributed by atoms with Crippen molar-refractivity contribution in [2.24, 2.45) is 4.99 Å². The van der Waals surface area contributed by atoms with Gasteiger partial charge in [-0.25, -0.2) is 9.98 Å². The maximum Gasteiger partial charge on any atom is 0.248 e. The van der Waals surface area contributed by atoms with E-state index in [1.54, 1.807) is 0 Å². The first kappa shape index (κ1) is 20.4. The van der Waals surface area contributed by atoms with Gasteiger partial charge in [0.1, 0.15) is 12.3 Å². The molecule has 1 saturated heterocycles. The van der Waals surface area contributed by atoms with Gasteiger partial charge in [-0.3, -0.25) is 9.69 Å². The van der Waals surface area contributed by atoms with Gasteiger partial charge < -0.3 is 14.2 Å². The van der Waals surface area contributed by atoms with Crippen molar-refractivity contribution in [3.63, 3.8) is 0 Å². The Morgan fingerprint density at radius 2 is 1.97 bits per heavy atom. The topological polar surface area (TPSA) is 63.0 Å². The maximum absolute atomic E-state index is 12.4. The Hall–Kier alpha value is -2.83. The molecule has 3 heterocycles. The molecule has 2 aromatic rings. The van der Waals surface area contributed by atoms with Gasteiger partial charge in [-0.1, -0.05) is 26.2 Å². The van der Waals surface area contributed by atoms with E-state index in [2.05, 4.69) is 27.4 Å². The van der Waals surface area contributed by atoms with Gasteiger partial charge in [0.25, 0.3) is 0 Å². The molecule has 1 aromatic heterocycles. The van der Waals surface area contributed by atoms with Crippen LogP contribution < -0.4 is 4.74 Å². The minimum Gasteiger partial charge on any atom is -0.494 e. The molecule has 30 heavy (non-hydrogen) atoms. The number of hydrogen-bond acceptors (Lipinski definition) is 5. The first-order valence-electron chi connectivity index (χ1n) is 11.1. The van der Waals surface area contributed by atoms with Gasteiger partial charge in [-0.15, -0.1) is 0 Å². The van der Waals surface area contributed by atoms with Gasteiger partial charge in [-0.05, 0) is 37.5 Å². The van der Waals surface area contributed by atoms with Gasteiger partial charge in [0.05, 0.1) is 18.6 Å². The first-order chi connectivity index (χ1) is 14.7. The highest BCUT2D eigenvalue weighted by Crippen LogP contribution is 2.32. The molecular formula is C23H31N5O2. The van der Waals surface area contributed by atoms with E-state index in [0.717, 1.165) is 68.3 Å². The molecule has 0 atom stereocenters. The molecule has 0 radical (unpaired) electrons. The Morgan fingerprint density at radius 3 is 2.80 bits per heavy atom. The summed E-state index contributed by atoms with van der Waals surface area (Å²) in [7, 11) is 0. The van der Waals surface area contributed by atoms with Crippen LogP contribution in [0.25, 0.3) is 0 Å². The van der Waals surface area contributed by atoms with E-state index in [4.69, 9.17) is 9.73 Å². The summed E-state index contributed by atoms with van der Waals surface area (Å²) in [6.07, 6.45) is 12.3. The molecule has 0 N–H and O–H groups in total. The zero-order valence-electron chi connectivity index (χ0n) is 17.8. The number of amides is 1. The van der Waals surface area contributed by atoms with Gasteiger partial charge in [-0.2, -0.15) is 0 Å². The average Bonchev–Trinajstić information content (AvgIpc) is 3.37. The summed E-state index contributed by atoms with van der Waals surface area (Å²) >= 11 is 0. The van der Waals surface area contributed by atoms with E-state index in [1.807, 2.05) is 35.8 Å². The Morgan fingerprint density at radius 1 is 1.07 bits per heavy atom. The minimum absolute atomic E-state index is 0.152. The van der Waals surface area contributed by atoms with Crippen molar-refractivity contribution in [1.29, 1.82) is 0 Å². The fourth-order valence-electron chi connectivity index (χ4n) is 3.96. The SMILES string of the molecule is CCCCN1C(=O)CN2Cc3cc(OCCCCCCn4ccnc4)ccc3N=C21. The third-order valence-corrected chi connectivity index (χ3v) is 5.66. The summed E-state index contributed by atoms with van der Waals surface area (Å²) in [6.45, 7) is 5.79. The number of carbonyl (C=O) groups excluding carboxylic acids is 1. The van der Waals surface area contributed by atoms with Crippen molar-refractivity contribution < 1.29 is 9.53 Å². The second-order valence-corrected chi connectivity index (χ2v) is 8.02. The molecule has 0 aliphatic carbocycles. The molecular weight excluding hydrogens is 378 g/mol. The van der Waals surface area contributed by atoms with E-state index in [-0.39, 0.29) is 5.91 Å². The smallest absolute Gasteiger partial charge is 0.248 e. The van der Waals surface area contributed by atoms with Crippen molar-refractivity contribution in [3.8, 4) is 5.75 Å². The van der Waals surface area contributed by atoms with E-state index in [0.29, 0.717) is 13.1 Å². The summed E-state index contributed by atoms with van der Waals surface area (Å²) in [5, 5.41) is 0. The van der Waals surface area contributed by atoms with Crippen molar-refractivity contribution in [3.05, 3.63) is 42.5 Å². The van der Waals surface area contributed by atoms with Crippen molar-refractivity contribution in [2.45, 2.75) is 58.5 Å². The van der Waals surface area contributed by atoms with Crippen molar-refractivity contribution in [2.75, 3.05) is 19.7 Å². The van der Waals surface area contributed by atoms with E-state index < -0.39 is 0 Å². The summed E-state index contributed by atoms with van der Waals surface area (Å²) in [4.78, 5) is 25.1. The lowest BCUT2D eigenvalue weighted by Crippen LogP contribution is -2.36. The standard InChI is InChI=1S/C23H31N5O2/c1-2-3-12-28-22(29)17-27-16-19-15-20(8-9-21(19)25-23(27)28)30-14-7-5-4-6-11-26-13-10-24-18-26/h8-10,13,15,18H,2-7,11-12,14,16-17H2,1H3. The van der Waals surface area contributed by atoms with E-state index in [1.165, 1.54) is 12.8 Å². The quantitative estimate of drug-likeness (QED) is 0.527. The monoisotopic (exact) mass is 409 g/mol. The van der Waals surface area contributed by atoms with Crippen LogP contribution in [-0.4, -0.2) is 50.9 Å². The largest absolute Gasteiger partial charge is 0.494 e. The molecule has 7 nitrogen and oxygen atoms in total. The second-order valence-electron chi connectivity index (χ2n) is 8.02. The van der Waals surface area contributed by atoms with Crippen molar-refractivity contribution >= 4 is 17.6 Å². The zero-order valence-corrected chi connectivity index (χ0v) is 17.8. The third kappa shape index (κ3) is 4.83. The Bertz CT molecular complexity index is 878. The van der Waals surface area contributed by atoms with Crippen LogP contribution in [0.3, 0.4) is 0 Å². The number of guanidine groups is 1. The van der Waals surface area contributed by atoms with Gasteiger partial charge in [0.15, 0.2) is 0 Å². The first-order valence-corrected chi connectivity index (χ1v) is 11.1.